The Bertz CT molecular complexity index is 2470. The lowest BCUT2D eigenvalue weighted by Crippen LogP contribution is -2.40. The van der Waals surface area contributed by atoms with Gasteiger partial charge in [-0.15, -0.1) is 0 Å². The van der Waals surface area contributed by atoms with Crippen molar-refractivity contribution in [2.24, 2.45) is 10.8 Å². The summed E-state index contributed by atoms with van der Waals surface area (Å²) in [7, 11) is 0. The third kappa shape index (κ3) is 9.73. The maximum Gasteiger partial charge on any atom is 0.408 e. The van der Waals surface area contributed by atoms with Crippen molar-refractivity contribution in [3.05, 3.63) is 107 Å². The number of esters is 1. The predicted molar refractivity (Wildman–Crippen MR) is 245 cm³/mol. The zero-order valence-electron chi connectivity index (χ0n) is 37.1. The molecular weight excluding hydrogens is 747 g/mol. The second kappa shape index (κ2) is 15.6. The summed E-state index contributed by atoms with van der Waals surface area (Å²) in [5.74, 6) is 1.09. The van der Waals surface area contributed by atoms with E-state index in [1.807, 2.05) is 47.6 Å². The van der Waals surface area contributed by atoms with E-state index < -0.39 is 23.3 Å². The molecule has 0 fully saturated rings. The zero-order chi connectivity index (χ0) is 43.4. The highest BCUT2D eigenvalue weighted by Gasteiger charge is 2.34. The van der Waals surface area contributed by atoms with Gasteiger partial charge in [0.25, 0.3) is 0 Å². The standard InChI is InChI=1S/C51H59N5O4/c1-48(2,3)38(29-43(57)59-50(7,8)9)45-52-39-23-21-34(27-41(39)54-45)36-25-30-13-17-32(36)18-14-31-16-20-33(19-15-30)37(26-31)35-22-24-40-42(28-35)55-46(53-40)44(49(4,5)6)56-47(58)60-51(10,11)12/h13-28,38,44H,29H2,1-12H3,(H,52,54)(H,53,55)(H,56,58)/t38-,44-/m1/s1. The van der Waals surface area contributed by atoms with Crippen LogP contribution in [0, 0.1) is 10.8 Å². The normalized spacial score (nSPS) is 14.3. The summed E-state index contributed by atoms with van der Waals surface area (Å²) < 4.78 is 11.3. The van der Waals surface area contributed by atoms with E-state index in [4.69, 9.17) is 19.4 Å². The van der Waals surface area contributed by atoms with Crippen LogP contribution >= 0.6 is 0 Å². The lowest BCUT2D eigenvalue weighted by Gasteiger charge is -2.31. The van der Waals surface area contributed by atoms with Gasteiger partial charge in [-0.2, -0.15) is 0 Å². The third-order valence-electron chi connectivity index (χ3n) is 10.7. The average molecular weight is 806 g/mol. The second-order valence-electron chi connectivity index (χ2n) is 20.2. The number of aromatic nitrogens is 4. The minimum absolute atomic E-state index is 0.149. The van der Waals surface area contributed by atoms with Gasteiger partial charge in [0.1, 0.15) is 22.9 Å². The summed E-state index contributed by atoms with van der Waals surface area (Å²) in [5.41, 5.74) is 10.4. The smallest absolute Gasteiger partial charge is 0.408 e. The number of nitrogens with zero attached hydrogens (tertiary/aromatic N) is 2. The molecule has 2 atom stereocenters. The van der Waals surface area contributed by atoms with Crippen LogP contribution < -0.4 is 5.32 Å². The van der Waals surface area contributed by atoms with E-state index in [0.717, 1.165) is 72.4 Å². The predicted octanol–water partition coefficient (Wildman–Crippen LogP) is 12.9. The summed E-state index contributed by atoms with van der Waals surface area (Å²) in [5, 5.41) is 3.05. The van der Waals surface area contributed by atoms with Gasteiger partial charge in [-0.3, -0.25) is 4.79 Å². The van der Waals surface area contributed by atoms with E-state index in [-0.39, 0.29) is 29.1 Å². The van der Waals surface area contributed by atoms with Crippen LogP contribution in [-0.4, -0.2) is 43.2 Å². The molecule has 2 aromatic heterocycles. The Kier molecular flexibility index (Phi) is 10.9. The lowest BCUT2D eigenvalue weighted by atomic mass is 9.78. The Morgan fingerprint density at radius 1 is 0.583 bits per heavy atom. The van der Waals surface area contributed by atoms with Gasteiger partial charge in [-0.05, 0) is 133 Å². The molecule has 0 saturated carbocycles. The van der Waals surface area contributed by atoms with Crippen molar-refractivity contribution < 1.29 is 19.1 Å². The van der Waals surface area contributed by atoms with Crippen LogP contribution in [0.5, 0.6) is 0 Å². The fourth-order valence-corrected chi connectivity index (χ4v) is 7.70. The van der Waals surface area contributed by atoms with Crippen LogP contribution in [0.4, 0.5) is 4.79 Å². The Morgan fingerprint density at radius 2 is 1.07 bits per heavy atom. The molecule has 3 N–H and O–H groups in total. The van der Waals surface area contributed by atoms with E-state index in [9.17, 15) is 9.59 Å². The van der Waals surface area contributed by atoms with Gasteiger partial charge < -0.3 is 24.8 Å². The Morgan fingerprint density at radius 3 is 1.53 bits per heavy atom. The first-order valence-corrected chi connectivity index (χ1v) is 20.8. The van der Waals surface area contributed by atoms with E-state index >= 15 is 0 Å². The van der Waals surface area contributed by atoms with E-state index in [1.165, 1.54) is 0 Å². The van der Waals surface area contributed by atoms with Crippen LogP contribution in [0.2, 0.25) is 0 Å². The molecule has 0 aliphatic heterocycles. The number of amides is 1. The van der Waals surface area contributed by atoms with Crippen molar-refractivity contribution in [1.29, 1.82) is 0 Å². The summed E-state index contributed by atoms with van der Waals surface area (Å²) in [6.45, 7) is 23.9. The molecule has 10 rings (SSSR count). The Balaban J connectivity index is 1.19. The first kappa shape index (κ1) is 42.2. The molecule has 6 aromatic rings. The van der Waals surface area contributed by atoms with Crippen LogP contribution in [0.3, 0.4) is 0 Å². The van der Waals surface area contributed by atoms with Gasteiger partial charge in [0.15, 0.2) is 0 Å². The molecule has 0 spiro atoms. The van der Waals surface area contributed by atoms with Crippen molar-refractivity contribution in [3.63, 3.8) is 0 Å². The number of benzene rings is 4. The van der Waals surface area contributed by atoms with Crippen molar-refractivity contribution in [1.82, 2.24) is 25.3 Å². The third-order valence-corrected chi connectivity index (χ3v) is 10.7. The molecule has 0 saturated heterocycles. The monoisotopic (exact) mass is 805 g/mol. The number of imidazole rings is 2. The van der Waals surface area contributed by atoms with Gasteiger partial charge in [-0.25, -0.2) is 14.8 Å². The number of H-pyrrole nitrogens is 2. The van der Waals surface area contributed by atoms with E-state index in [2.05, 4.69) is 148 Å². The molecule has 9 heteroatoms. The molecule has 0 unspecified atom stereocenters. The highest BCUT2D eigenvalue weighted by Crippen LogP contribution is 2.40. The van der Waals surface area contributed by atoms with Crippen LogP contribution in [0.1, 0.15) is 135 Å². The number of aromatic amines is 2. The molecule has 2 heterocycles. The number of alkyl carbamates (subject to hydrolysis) is 1. The minimum Gasteiger partial charge on any atom is -0.460 e. The zero-order valence-corrected chi connectivity index (χ0v) is 37.1. The number of hydrogen-bond donors (Lipinski definition) is 3. The number of rotatable bonds is 7. The molecule has 1 amide bonds. The average Bonchev–Trinajstić information content (AvgIpc) is 3.74. The first-order chi connectivity index (χ1) is 28.0. The second-order valence-corrected chi connectivity index (χ2v) is 20.2. The van der Waals surface area contributed by atoms with Gasteiger partial charge in [0, 0.05) is 5.92 Å². The highest BCUT2D eigenvalue weighted by atomic mass is 16.6. The number of carbonyl (C=O) groups is 2. The van der Waals surface area contributed by atoms with Crippen molar-refractivity contribution in [2.45, 2.75) is 113 Å². The summed E-state index contributed by atoms with van der Waals surface area (Å²) in [6.07, 6.45) is 8.44. The molecule has 4 aliphatic rings. The Hall–Kier alpha value is -5.96. The minimum atomic E-state index is -0.611. The first-order valence-electron chi connectivity index (χ1n) is 20.8. The van der Waals surface area contributed by atoms with Crippen molar-refractivity contribution in [3.8, 4) is 22.3 Å². The van der Waals surface area contributed by atoms with Gasteiger partial charge >= 0.3 is 12.1 Å². The van der Waals surface area contributed by atoms with Crippen LogP contribution in [0.15, 0.2) is 72.8 Å². The summed E-state index contributed by atoms with van der Waals surface area (Å²) in [6, 6.07) is 25.3. The number of ether oxygens (including phenoxy) is 2. The molecular formula is C51H59N5O4. The topological polar surface area (TPSA) is 122 Å². The molecule has 4 aliphatic carbocycles. The molecule has 60 heavy (non-hydrogen) atoms. The summed E-state index contributed by atoms with van der Waals surface area (Å²) in [4.78, 5) is 42.8. The van der Waals surface area contributed by atoms with E-state index in [0.29, 0.717) is 5.82 Å². The van der Waals surface area contributed by atoms with Crippen LogP contribution in [0.25, 0.3) is 68.6 Å². The number of fused-ring (bicyclic) bond motifs is 2. The summed E-state index contributed by atoms with van der Waals surface area (Å²) >= 11 is 0. The number of carbonyl (C=O) groups excluding carboxylic acids is 2. The van der Waals surface area contributed by atoms with Crippen molar-refractivity contribution >= 4 is 58.4 Å². The van der Waals surface area contributed by atoms with Crippen LogP contribution in [-0.2, 0) is 14.3 Å². The lowest BCUT2D eigenvalue weighted by molar-refractivity contribution is -0.156. The fourth-order valence-electron chi connectivity index (χ4n) is 7.70. The fraction of sp³-hybridized carbons (Fsp3) is 0.373. The van der Waals surface area contributed by atoms with Gasteiger partial charge in [0.05, 0.1) is 34.5 Å². The van der Waals surface area contributed by atoms with Gasteiger partial charge in [0.2, 0.25) is 0 Å². The number of nitrogens with one attached hydrogen (secondary N) is 3. The largest absolute Gasteiger partial charge is 0.460 e. The van der Waals surface area contributed by atoms with Gasteiger partial charge in [-0.1, -0.05) is 102 Å². The SMILES string of the molecule is CC(C)(C)OC(=O)C[C@H](c1nc2ccc(-c3cc4ccc3C=Cc3ccc(c(-c5ccc6nc([C@@H](NC(=O)OC(C)(C)C)C(C)(C)C)[nH]c6c5)c3)C=C4)cc2[nH]1)C(C)(C)C. The van der Waals surface area contributed by atoms with E-state index in [1.54, 1.807) is 0 Å². The van der Waals surface area contributed by atoms with Crippen molar-refractivity contribution in [2.75, 3.05) is 0 Å². The quantitative estimate of drug-likeness (QED) is 0.138. The maximum atomic E-state index is 13.0. The molecule has 4 aromatic carbocycles. The number of hydrogen-bond acceptors (Lipinski definition) is 6. The maximum absolute atomic E-state index is 13.0. The molecule has 312 valence electrons. The molecule has 4 bridgehead atoms. The molecule has 0 radical (unpaired) electrons. The highest BCUT2D eigenvalue weighted by molar-refractivity contribution is 5.92. The molecule has 9 nitrogen and oxygen atoms in total. The Labute approximate surface area is 354 Å².